The van der Waals surface area contributed by atoms with Gasteiger partial charge in [-0.3, -0.25) is 0 Å². The van der Waals surface area contributed by atoms with Crippen molar-refractivity contribution in [3.63, 3.8) is 0 Å². The van der Waals surface area contributed by atoms with Crippen molar-refractivity contribution in [1.29, 1.82) is 0 Å². The Labute approximate surface area is 135 Å². The lowest BCUT2D eigenvalue weighted by atomic mass is 10.1. The van der Waals surface area contributed by atoms with E-state index in [0.717, 1.165) is 18.4 Å². The van der Waals surface area contributed by atoms with E-state index in [1.54, 1.807) is 30.3 Å². The molecule has 0 spiro atoms. The van der Waals surface area contributed by atoms with Gasteiger partial charge in [0, 0.05) is 5.02 Å². The average Bonchev–Trinajstić information content (AvgIpc) is 2.49. The summed E-state index contributed by atoms with van der Waals surface area (Å²) in [6.07, 6.45) is 2.11. The summed E-state index contributed by atoms with van der Waals surface area (Å²) >= 11 is 5.87. The standard InChI is InChI=1S/C18H19ClO3/c1-3-4-14-5-8-16(9-6-14)22-18(20)12-21-17-10-7-15(19)11-13(17)2/h5-11H,3-4,12H2,1-2H3. The van der Waals surface area contributed by atoms with Crippen molar-refractivity contribution in [3.8, 4) is 11.5 Å². The van der Waals surface area contributed by atoms with E-state index in [-0.39, 0.29) is 6.61 Å². The third-order valence-electron chi connectivity index (χ3n) is 3.18. The first-order chi connectivity index (χ1) is 10.6. The summed E-state index contributed by atoms with van der Waals surface area (Å²) in [7, 11) is 0. The summed E-state index contributed by atoms with van der Waals surface area (Å²) < 4.78 is 10.7. The van der Waals surface area contributed by atoms with Crippen molar-refractivity contribution in [2.75, 3.05) is 6.61 Å². The van der Waals surface area contributed by atoms with Crippen LogP contribution < -0.4 is 9.47 Å². The number of aryl methyl sites for hydroxylation is 2. The Hall–Kier alpha value is -2.00. The minimum atomic E-state index is -0.433. The third kappa shape index (κ3) is 4.78. The van der Waals surface area contributed by atoms with E-state index in [4.69, 9.17) is 21.1 Å². The van der Waals surface area contributed by atoms with Gasteiger partial charge < -0.3 is 9.47 Å². The second-order valence-corrected chi connectivity index (χ2v) is 5.50. The molecule has 0 aromatic heterocycles. The molecule has 0 aliphatic heterocycles. The zero-order valence-corrected chi connectivity index (χ0v) is 13.5. The molecule has 2 aromatic rings. The van der Waals surface area contributed by atoms with Crippen LogP contribution >= 0.6 is 11.6 Å². The van der Waals surface area contributed by atoms with Crippen LogP contribution in [0.2, 0.25) is 5.02 Å². The van der Waals surface area contributed by atoms with E-state index in [1.807, 2.05) is 19.1 Å². The molecule has 0 fully saturated rings. The average molecular weight is 319 g/mol. The van der Waals surface area contributed by atoms with Crippen LogP contribution in [0.1, 0.15) is 24.5 Å². The number of hydrogen-bond acceptors (Lipinski definition) is 3. The van der Waals surface area contributed by atoms with Crippen molar-refractivity contribution in [3.05, 3.63) is 58.6 Å². The molecule has 116 valence electrons. The molecule has 0 N–H and O–H groups in total. The van der Waals surface area contributed by atoms with Crippen LogP contribution in [0.3, 0.4) is 0 Å². The molecular weight excluding hydrogens is 300 g/mol. The summed E-state index contributed by atoms with van der Waals surface area (Å²) in [6.45, 7) is 3.86. The van der Waals surface area contributed by atoms with Crippen molar-refractivity contribution >= 4 is 17.6 Å². The Bertz CT molecular complexity index is 635. The third-order valence-corrected chi connectivity index (χ3v) is 3.41. The largest absolute Gasteiger partial charge is 0.482 e. The monoisotopic (exact) mass is 318 g/mol. The molecule has 3 nitrogen and oxygen atoms in total. The van der Waals surface area contributed by atoms with Gasteiger partial charge >= 0.3 is 5.97 Å². The van der Waals surface area contributed by atoms with Crippen LogP contribution in [-0.2, 0) is 11.2 Å². The molecule has 0 radical (unpaired) electrons. The minimum absolute atomic E-state index is 0.140. The molecule has 0 atom stereocenters. The summed E-state index contributed by atoms with van der Waals surface area (Å²) in [4.78, 5) is 11.8. The molecule has 2 aromatic carbocycles. The smallest absolute Gasteiger partial charge is 0.349 e. The van der Waals surface area contributed by atoms with E-state index in [2.05, 4.69) is 6.92 Å². The fraction of sp³-hybridized carbons (Fsp3) is 0.278. The first-order valence-corrected chi connectivity index (χ1v) is 7.65. The topological polar surface area (TPSA) is 35.5 Å². The fourth-order valence-corrected chi connectivity index (χ4v) is 2.31. The highest BCUT2D eigenvalue weighted by molar-refractivity contribution is 6.30. The van der Waals surface area contributed by atoms with Gasteiger partial charge in [0.2, 0.25) is 0 Å². The van der Waals surface area contributed by atoms with Gasteiger partial charge in [0.1, 0.15) is 11.5 Å². The lowest BCUT2D eigenvalue weighted by Crippen LogP contribution is -2.18. The van der Waals surface area contributed by atoms with Gasteiger partial charge in [0.25, 0.3) is 0 Å². The lowest BCUT2D eigenvalue weighted by molar-refractivity contribution is -0.136. The number of ether oxygens (including phenoxy) is 2. The van der Waals surface area contributed by atoms with Crippen molar-refractivity contribution < 1.29 is 14.3 Å². The quantitative estimate of drug-likeness (QED) is 0.577. The Kier molecular flexibility index (Phi) is 5.84. The molecule has 0 aliphatic carbocycles. The molecule has 0 aliphatic rings. The van der Waals surface area contributed by atoms with Crippen LogP contribution in [0, 0.1) is 6.92 Å². The van der Waals surface area contributed by atoms with Crippen LogP contribution in [0.25, 0.3) is 0 Å². The molecule has 0 saturated heterocycles. The zero-order valence-electron chi connectivity index (χ0n) is 12.8. The van der Waals surface area contributed by atoms with Gasteiger partial charge in [-0.2, -0.15) is 0 Å². The molecule has 0 bridgehead atoms. The maximum Gasteiger partial charge on any atom is 0.349 e. The van der Waals surface area contributed by atoms with Crippen LogP contribution in [-0.4, -0.2) is 12.6 Å². The van der Waals surface area contributed by atoms with Crippen LogP contribution in [0.5, 0.6) is 11.5 Å². The predicted molar refractivity (Wildman–Crippen MR) is 87.8 cm³/mol. The first-order valence-electron chi connectivity index (χ1n) is 7.27. The normalized spacial score (nSPS) is 10.3. The highest BCUT2D eigenvalue weighted by atomic mass is 35.5. The molecule has 0 heterocycles. The van der Waals surface area contributed by atoms with Crippen molar-refractivity contribution in [2.45, 2.75) is 26.7 Å². The van der Waals surface area contributed by atoms with Gasteiger partial charge in [-0.15, -0.1) is 0 Å². The molecule has 2 rings (SSSR count). The maximum absolute atomic E-state index is 11.8. The minimum Gasteiger partial charge on any atom is -0.482 e. The van der Waals surface area contributed by atoms with E-state index in [1.165, 1.54) is 5.56 Å². The highest BCUT2D eigenvalue weighted by Crippen LogP contribution is 2.22. The summed E-state index contributed by atoms with van der Waals surface area (Å²) in [5.41, 5.74) is 2.11. The van der Waals surface area contributed by atoms with E-state index >= 15 is 0 Å². The summed E-state index contributed by atoms with van der Waals surface area (Å²) in [6, 6.07) is 12.8. The van der Waals surface area contributed by atoms with Gasteiger partial charge in [0.05, 0.1) is 0 Å². The SMILES string of the molecule is CCCc1ccc(OC(=O)COc2ccc(Cl)cc2C)cc1. The molecule has 0 unspecified atom stereocenters. The second kappa shape index (κ2) is 7.85. The molecule has 4 heteroatoms. The molecule has 0 amide bonds. The van der Waals surface area contributed by atoms with Crippen molar-refractivity contribution in [2.24, 2.45) is 0 Å². The highest BCUT2D eigenvalue weighted by Gasteiger charge is 2.08. The summed E-state index contributed by atoms with van der Waals surface area (Å²) in [5, 5.41) is 0.639. The maximum atomic E-state index is 11.8. The number of carbonyl (C=O) groups excluding carboxylic acids is 1. The van der Waals surface area contributed by atoms with Crippen LogP contribution in [0.4, 0.5) is 0 Å². The van der Waals surface area contributed by atoms with Gasteiger partial charge in [0.15, 0.2) is 6.61 Å². The van der Waals surface area contributed by atoms with Gasteiger partial charge in [-0.25, -0.2) is 4.79 Å². The number of halogens is 1. The number of hydrogen-bond donors (Lipinski definition) is 0. The van der Waals surface area contributed by atoms with Gasteiger partial charge in [-0.1, -0.05) is 37.1 Å². The van der Waals surface area contributed by atoms with E-state index in [0.29, 0.717) is 16.5 Å². The van der Waals surface area contributed by atoms with Crippen LogP contribution in [0.15, 0.2) is 42.5 Å². The Morgan fingerprint density at radius 1 is 1.14 bits per heavy atom. The Morgan fingerprint density at radius 3 is 2.50 bits per heavy atom. The van der Waals surface area contributed by atoms with Crippen molar-refractivity contribution in [1.82, 2.24) is 0 Å². The predicted octanol–water partition coefficient (Wildman–Crippen LogP) is 4.59. The first kappa shape index (κ1) is 16.4. The molecule has 0 saturated carbocycles. The summed E-state index contributed by atoms with van der Waals surface area (Å²) in [5.74, 6) is 0.721. The number of benzene rings is 2. The Morgan fingerprint density at radius 2 is 1.86 bits per heavy atom. The number of rotatable bonds is 6. The van der Waals surface area contributed by atoms with E-state index < -0.39 is 5.97 Å². The lowest BCUT2D eigenvalue weighted by Gasteiger charge is -2.09. The van der Waals surface area contributed by atoms with Gasteiger partial charge in [-0.05, 0) is 54.8 Å². The second-order valence-electron chi connectivity index (χ2n) is 5.07. The number of carbonyl (C=O) groups is 1. The Balaban J connectivity index is 1.87. The molecule has 22 heavy (non-hydrogen) atoms. The zero-order chi connectivity index (χ0) is 15.9. The van der Waals surface area contributed by atoms with E-state index in [9.17, 15) is 4.79 Å². The molecular formula is C18H19ClO3. The fourth-order valence-electron chi connectivity index (χ4n) is 2.09. The number of esters is 1.